The normalized spacial score (nSPS) is 18.1. The summed E-state index contributed by atoms with van der Waals surface area (Å²) in [6, 6.07) is 84.2. The van der Waals surface area contributed by atoms with Crippen LogP contribution >= 0.6 is 0 Å². The summed E-state index contributed by atoms with van der Waals surface area (Å²) in [6.07, 6.45) is -0.0414. The van der Waals surface area contributed by atoms with Crippen LogP contribution in [0.2, 0.25) is 0 Å². The van der Waals surface area contributed by atoms with Crippen LogP contribution in [0, 0.1) is 0 Å². The molecule has 2 heterocycles. The summed E-state index contributed by atoms with van der Waals surface area (Å²) in [4.78, 5) is 2.43. The Morgan fingerprint density at radius 1 is 0.306 bits per heavy atom. The van der Waals surface area contributed by atoms with E-state index in [0.29, 0.717) is 0 Å². The molecule has 3 aliphatic rings. The summed E-state index contributed by atoms with van der Waals surface area (Å²) >= 11 is 0. The number of rotatable bonds is 6. The van der Waals surface area contributed by atoms with E-state index in [1.54, 1.807) is 0 Å². The maximum Gasteiger partial charge on any atom is 0.0864 e. The molecule has 12 rings (SSSR count). The number of fused-ring (bicyclic) bond motifs is 9. The van der Waals surface area contributed by atoms with Gasteiger partial charge in [0, 0.05) is 5.69 Å². The topological polar surface area (TPSA) is 39.3 Å². The van der Waals surface area contributed by atoms with Gasteiger partial charge in [0.25, 0.3) is 0 Å². The molecular weight excluding hydrogens is 753 g/mol. The van der Waals surface area contributed by atoms with E-state index in [0.717, 1.165) is 5.69 Å². The molecule has 9 aromatic rings. The molecule has 0 bridgehead atoms. The standard InChI is InChI=1S/C58H44N4/c1-4-16-42(17-5-1)55-59-56(43-18-6-2-7-19-43)61-57(60-55)44-34-32-40(33-35-44)39-28-30-41(31-29-39)45-36-37-50-48(38-45)47-22-10-11-23-49(47)58(50)51-24-12-14-26-53(51)62(46-20-8-3-9-21-46)54-27-15-13-25-52(54)58/h1-38,55-57,59-61H. The van der Waals surface area contributed by atoms with Gasteiger partial charge in [0.15, 0.2) is 0 Å². The molecule has 2 unspecified atom stereocenters. The molecule has 0 aromatic heterocycles. The number of hydrogen-bond acceptors (Lipinski definition) is 4. The molecular formula is C58H44N4. The first-order chi connectivity index (χ1) is 30.7. The summed E-state index contributed by atoms with van der Waals surface area (Å²) in [5.41, 5.74) is 19.4. The van der Waals surface area contributed by atoms with Gasteiger partial charge in [-0.2, -0.15) is 0 Å². The average Bonchev–Trinajstić information content (AvgIpc) is 3.65. The van der Waals surface area contributed by atoms with Crippen LogP contribution in [-0.4, -0.2) is 0 Å². The van der Waals surface area contributed by atoms with Crippen LogP contribution in [0.1, 0.15) is 57.4 Å². The van der Waals surface area contributed by atoms with E-state index in [4.69, 9.17) is 0 Å². The van der Waals surface area contributed by atoms with E-state index in [2.05, 4.69) is 251 Å². The highest BCUT2D eigenvalue weighted by Gasteiger charge is 2.51. The maximum atomic E-state index is 3.81. The van der Waals surface area contributed by atoms with Crippen molar-refractivity contribution >= 4 is 17.1 Å². The molecule has 2 aliphatic heterocycles. The fourth-order valence-electron chi connectivity index (χ4n) is 10.4. The monoisotopic (exact) mass is 796 g/mol. The zero-order valence-corrected chi connectivity index (χ0v) is 34.1. The lowest BCUT2D eigenvalue weighted by molar-refractivity contribution is 0.203. The third-order valence-electron chi connectivity index (χ3n) is 13.2. The SMILES string of the molecule is c1ccc(C2NC(c3ccccc3)NC(c3ccc(-c4ccc(-c5ccc6c(c5)-c5ccccc5C65c6ccccc6N(c6ccccc6)c6ccccc65)cc4)cc3)N2)cc1. The van der Waals surface area contributed by atoms with Gasteiger partial charge in [-0.3, -0.25) is 16.0 Å². The van der Waals surface area contributed by atoms with E-state index in [-0.39, 0.29) is 18.5 Å². The van der Waals surface area contributed by atoms with Gasteiger partial charge in [-0.15, -0.1) is 0 Å². The number of para-hydroxylation sites is 3. The zero-order chi connectivity index (χ0) is 41.0. The minimum absolute atomic E-state index is 0.00241. The molecule has 0 saturated carbocycles. The zero-order valence-electron chi connectivity index (χ0n) is 34.1. The average molecular weight is 797 g/mol. The van der Waals surface area contributed by atoms with Gasteiger partial charge in [0.2, 0.25) is 0 Å². The molecule has 0 amide bonds. The molecule has 62 heavy (non-hydrogen) atoms. The van der Waals surface area contributed by atoms with Gasteiger partial charge in [-0.25, -0.2) is 0 Å². The Balaban J connectivity index is 0.871. The van der Waals surface area contributed by atoms with Crippen molar-refractivity contribution in [2.45, 2.75) is 23.9 Å². The van der Waals surface area contributed by atoms with E-state index in [1.807, 2.05) is 0 Å². The number of anilines is 3. The lowest BCUT2D eigenvalue weighted by atomic mass is 9.64. The van der Waals surface area contributed by atoms with Crippen molar-refractivity contribution in [2.24, 2.45) is 0 Å². The van der Waals surface area contributed by atoms with Crippen molar-refractivity contribution in [1.82, 2.24) is 16.0 Å². The van der Waals surface area contributed by atoms with E-state index in [9.17, 15) is 0 Å². The fourth-order valence-corrected chi connectivity index (χ4v) is 10.4. The van der Waals surface area contributed by atoms with Gasteiger partial charge in [-0.1, -0.05) is 200 Å². The van der Waals surface area contributed by atoms with E-state index >= 15 is 0 Å². The number of nitrogens with zero attached hydrogens (tertiary/aromatic N) is 1. The van der Waals surface area contributed by atoms with Crippen LogP contribution in [0.15, 0.2) is 231 Å². The maximum absolute atomic E-state index is 3.81. The minimum atomic E-state index is -0.455. The van der Waals surface area contributed by atoms with Crippen molar-refractivity contribution in [3.8, 4) is 33.4 Å². The fraction of sp³-hybridized carbons (Fsp3) is 0.0690. The first-order valence-electron chi connectivity index (χ1n) is 21.6. The summed E-state index contributed by atoms with van der Waals surface area (Å²) in [7, 11) is 0. The third-order valence-corrected chi connectivity index (χ3v) is 13.2. The number of benzene rings is 9. The van der Waals surface area contributed by atoms with Crippen molar-refractivity contribution in [1.29, 1.82) is 0 Å². The predicted molar refractivity (Wildman–Crippen MR) is 253 cm³/mol. The second kappa shape index (κ2) is 15.0. The van der Waals surface area contributed by atoms with Crippen LogP contribution in [-0.2, 0) is 5.41 Å². The first kappa shape index (κ1) is 36.5. The molecule has 296 valence electrons. The molecule has 4 heteroatoms. The van der Waals surface area contributed by atoms with Gasteiger partial charge >= 0.3 is 0 Å². The Labute approximate surface area is 363 Å². The summed E-state index contributed by atoms with van der Waals surface area (Å²) in [5.74, 6) is 0. The van der Waals surface area contributed by atoms with Crippen LogP contribution in [0.4, 0.5) is 17.1 Å². The number of nitrogens with one attached hydrogen (secondary N) is 3. The lowest BCUT2D eigenvalue weighted by Crippen LogP contribution is -2.54. The molecule has 1 spiro atoms. The van der Waals surface area contributed by atoms with Crippen molar-refractivity contribution < 1.29 is 0 Å². The highest BCUT2D eigenvalue weighted by molar-refractivity contribution is 5.96. The first-order valence-corrected chi connectivity index (χ1v) is 21.6. The smallest absolute Gasteiger partial charge is 0.0864 e. The minimum Gasteiger partial charge on any atom is -0.310 e. The van der Waals surface area contributed by atoms with Gasteiger partial charge < -0.3 is 4.90 Å². The molecule has 1 fully saturated rings. The summed E-state index contributed by atoms with van der Waals surface area (Å²) in [6.45, 7) is 0. The van der Waals surface area contributed by atoms with Gasteiger partial charge in [0.05, 0.1) is 35.3 Å². The van der Waals surface area contributed by atoms with Crippen LogP contribution in [0.5, 0.6) is 0 Å². The molecule has 9 aromatic carbocycles. The van der Waals surface area contributed by atoms with Gasteiger partial charge in [-0.05, 0) is 103 Å². The van der Waals surface area contributed by atoms with Gasteiger partial charge in [0.1, 0.15) is 0 Å². The summed E-state index contributed by atoms with van der Waals surface area (Å²) in [5, 5.41) is 11.4. The molecule has 2 atom stereocenters. The Bertz CT molecular complexity index is 2960. The number of hydrogen-bond donors (Lipinski definition) is 3. The molecule has 1 saturated heterocycles. The predicted octanol–water partition coefficient (Wildman–Crippen LogP) is 13.3. The van der Waals surface area contributed by atoms with E-state index in [1.165, 1.54) is 83.7 Å². The Kier molecular flexibility index (Phi) is 8.82. The van der Waals surface area contributed by atoms with Crippen LogP contribution in [0.3, 0.4) is 0 Å². The van der Waals surface area contributed by atoms with E-state index < -0.39 is 5.41 Å². The quantitative estimate of drug-likeness (QED) is 0.157. The lowest BCUT2D eigenvalue weighted by Gasteiger charge is -2.45. The van der Waals surface area contributed by atoms with Crippen LogP contribution < -0.4 is 20.9 Å². The summed E-state index contributed by atoms with van der Waals surface area (Å²) < 4.78 is 0. The highest BCUT2D eigenvalue weighted by atomic mass is 15.4. The largest absolute Gasteiger partial charge is 0.310 e. The Hall–Kier alpha value is -7.34. The Morgan fingerprint density at radius 2 is 0.694 bits per heavy atom. The van der Waals surface area contributed by atoms with Crippen molar-refractivity contribution in [3.05, 3.63) is 269 Å². The Morgan fingerprint density at radius 3 is 1.24 bits per heavy atom. The second-order valence-corrected chi connectivity index (χ2v) is 16.6. The second-order valence-electron chi connectivity index (χ2n) is 16.6. The molecule has 0 radical (unpaired) electrons. The third kappa shape index (κ3) is 5.88. The van der Waals surface area contributed by atoms with Crippen LogP contribution in [0.25, 0.3) is 33.4 Å². The van der Waals surface area contributed by atoms with Crippen molar-refractivity contribution in [3.63, 3.8) is 0 Å². The molecule has 1 aliphatic carbocycles. The van der Waals surface area contributed by atoms with Crippen molar-refractivity contribution in [2.75, 3.05) is 4.90 Å². The molecule has 4 nitrogen and oxygen atoms in total. The molecule has 3 N–H and O–H groups in total. The highest BCUT2D eigenvalue weighted by Crippen LogP contribution is 2.63.